The highest BCUT2D eigenvalue weighted by Crippen LogP contribution is 2.43. The number of methoxy groups -OCH3 is 1. The molecule has 0 aliphatic carbocycles. The van der Waals surface area contributed by atoms with Crippen molar-refractivity contribution in [1.82, 2.24) is 5.32 Å². The molecule has 7 heteroatoms. The first-order chi connectivity index (χ1) is 15.5. The van der Waals surface area contributed by atoms with E-state index in [1.54, 1.807) is 37.1 Å². The summed E-state index contributed by atoms with van der Waals surface area (Å²) in [4.78, 5) is 13.5. The molecule has 0 radical (unpaired) electrons. The van der Waals surface area contributed by atoms with Gasteiger partial charge in [0.15, 0.2) is 0 Å². The Balaban J connectivity index is 2.07. The van der Waals surface area contributed by atoms with Crippen LogP contribution in [0.4, 0.5) is 5.69 Å². The van der Waals surface area contributed by atoms with Crippen molar-refractivity contribution in [2.75, 3.05) is 18.2 Å². The van der Waals surface area contributed by atoms with Gasteiger partial charge in [-0.2, -0.15) is 5.26 Å². The van der Waals surface area contributed by atoms with Gasteiger partial charge in [-0.15, -0.1) is 11.8 Å². The summed E-state index contributed by atoms with van der Waals surface area (Å²) in [6.07, 6.45) is 2.10. The van der Waals surface area contributed by atoms with Crippen LogP contribution < -0.4 is 15.4 Å². The standard InChI is InChI=1S/C25H26ClN3O2S/c1-4-5-14-32-25-18(15-27)23(17-10-6-7-11-19(17)26)22(16(2)28-25)24(30)29-20-12-8-9-13-21(20)31-3/h6-13,23,28H,4-5,14H2,1-3H3,(H,29,30)/t23-/m0/s1. The van der Waals surface area contributed by atoms with E-state index in [1.165, 1.54) is 0 Å². The number of ether oxygens (including phenoxy) is 1. The molecule has 0 saturated carbocycles. The molecule has 3 rings (SSSR count). The Morgan fingerprint density at radius 3 is 2.66 bits per heavy atom. The normalized spacial score (nSPS) is 15.8. The van der Waals surface area contributed by atoms with Crippen molar-refractivity contribution in [3.05, 3.63) is 81.0 Å². The predicted molar refractivity (Wildman–Crippen MR) is 132 cm³/mol. The number of hydrogen-bond donors (Lipinski definition) is 2. The van der Waals surface area contributed by atoms with E-state index in [0.29, 0.717) is 33.3 Å². The third-order valence-electron chi connectivity index (χ3n) is 5.21. The number of hydrogen-bond acceptors (Lipinski definition) is 5. The van der Waals surface area contributed by atoms with E-state index in [0.717, 1.165) is 29.2 Å². The van der Waals surface area contributed by atoms with Gasteiger partial charge in [0, 0.05) is 16.3 Å². The first-order valence-corrected chi connectivity index (χ1v) is 11.8. The molecule has 2 N–H and O–H groups in total. The number of dihydropyridines is 1. The molecule has 2 aromatic carbocycles. The smallest absolute Gasteiger partial charge is 0.254 e. The SMILES string of the molecule is CCCCSC1=C(C#N)[C@H](c2ccccc2Cl)C(C(=O)Nc2ccccc2OC)=C(C)N1. The van der Waals surface area contributed by atoms with Crippen molar-refractivity contribution in [3.8, 4) is 11.8 Å². The van der Waals surface area contributed by atoms with Crippen LogP contribution in [0.3, 0.4) is 0 Å². The Bertz CT molecular complexity index is 1100. The highest BCUT2D eigenvalue weighted by molar-refractivity contribution is 8.03. The maximum Gasteiger partial charge on any atom is 0.254 e. The second-order valence-electron chi connectivity index (χ2n) is 7.33. The maximum absolute atomic E-state index is 13.5. The fourth-order valence-electron chi connectivity index (χ4n) is 3.60. The molecule has 0 bridgehead atoms. The molecule has 32 heavy (non-hydrogen) atoms. The van der Waals surface area contributed by atoms with Crippen molar-refractivity contribution >= 4 is 35.0 Å². The third-order valence-corrected chi connectivity index (χ3v) is 6.66. The predicted octanol–water partition coefficient (Wildman–Crippen LogP) is 6.22. The van der Waals surface area contributed by atoms with E-state index in [1.807, 2.05) is 37.3 Å². The van der Waals surface area contributed by atoms with E-state index in [2.05, 4.69) is 23.6 Å². The summed E-state index contributed by atoms with van der Waals surface area (Å²) in [5.74, 6) is 0.558. The van der Waals surface area contributed by atoms with Gasteiger partial charge >= 0.3 is 0 Å². The molecule has 1 aliphatic rings. The molecule has 0 fully saturated rings. The molecule has 0 saturated heterocycles. The Labute approximate surface area is 198 Å². The molecule has 2 aromatic rings. The number of amides is 1. The Kier molecular flexibility index (Phi) is 8.26. The molecule has 1 heterocycles. The van der Waals surface area contributed by atoms with E-state index >= 15 is 0 Å². The van der Waals surface area contributed by atoms with Gasteiger partial charge in [-0.1, -0.05) is 55.3 Å². The minimum absolute atomic E-state index is 0.310. The molecular formula is C25H26ClN3O2S. The first-order valence-electron chi connectivity index (χ1n) is 10.4. The van der Waals surface area contributed by atoms with E-state index < -0.39 is 5.92 Å². The fourth-order valence-corrected chi connectivity index (χ4v) is 5.03. The minimum Gasteiger partial charge on any atom is -0.495 e. The van der Waals surface area contributed by atoms with Gasteiger partial charge in [0.2, 0.25) is 0 Å². The molecule has 5 nitrogen and oxygen atoms in total. The van der Waals surface area contributed by atoms with Gasteiger partial charge in [-0.3, -0.25) is 4.79 Å². The minimum atomic E-state index is -0.575. The molecule has 1 amide bonds. The molecule has 0 spiro atoms. The fraction of sp³-hybridized carbons (Fsp3) is 0.280. The van der Waals surface area contributed by atoms with E-state index in [-0.39, 0.29) is 5.91 Å². The Morgan fingerprint density at radius 1 is 1.25 bits per heavy atom. The number of unbranched alkanes of at least 4 members (excludes halogenated alkanes) is 1. The van der Waals surface area contributed by atoms with Crippen LogP contribution in [0.2, 0.25) is 5.02 Å². The summed E-state index contributed by atoms with van der Waals surface area (Å²) < 4.78 is 5.37. The second-order valence-corrected chi connectivity index (χ2v) is 8.84. The highest BCUT2D eigenvalue weighted by atomic mass is 35.5. The van der Waals surface area contributed by atoms with Gasteiger partial charge in [-0.05, 0) is 42.9 Å². The maximum atomic E-state index is 13.5. The van der Waals surface area contributed by atoms with Gasteiger partial charge in [0.05, 0.1) is 35.4 Å². The summed E-state index contributed by atoms with van der Waals surface area (Å²) in [5, 5.41) is 17.7. The lowest BCUT2D eigenvalue weighted by atomic mass is 9.82. The lowest BCUT2D eigenvalue weighted by Crippen LogP contribution is -2.31. The summed E-state index contributed by atoms with van der Waals surface area (Å²) in [6.45, 7) is 3.99. The number of halogens is 1. The average Bonchev–Trinajstić information content (AvgIpc) is 2.79. The van der Waals surface area contributed by atoms with Crippen molar-refractivity contribution < 1.29 is 9.53 Å². The van der Waals surface area contributed by atoms with Gasteiger partial charge in [0.1, 0.15) is 5.75 Å². The number of carbonyl (C=O) groups is 1. The number of allylic oxidation sites excluding steroid dienone is 2. The van der Waals surface area contributed by atoms with Crippen LogP contribution in [-0.2, 0) is 4.79 Å². The molecule has 0 unspecified atom stereocenters. The topological polar surface area (TPSA) is 74.2 Å². The van der Waals surface area contributed by atoms with Crippen molar-refractivity contribution in [1.29, 1.82) is 5.26 Å². The van der Waals surface area contributed by atoms with Crippen molar-refractivity contribution in [2.24, 2.45) is 0 Å². The zero-order chi connectivity index (χ0) is 23.1. The Hall–Kier alpha value is -2.88. The lowest BCUT2D eigenvalue weighted by molar-refractivity contribution is -0.113. The van der Waals surface area contributed by atoms with Crippen LogP contribution in [0.25, 0.3) is 0 Å². The molecule has 166 valence electrons. The van der Waals surface area contributed by atoms with Crippen LogP contribution >= 0.6 is 23.4 Å². The second kappa shape index (κ2) is 11.1. The number of anilines is 1. The molecule has 0 aromatic heterocycles. The van der Waals surface area contributed by atoms with Gasteiger partial charge < -0.3 is 15.4 Å². The number of nitriles is 1. The number of carbonyl (C=O) groups excluding carboxylic acids is 1. The summed E-state index contributed by atoms with van der Waals surface area (Å²) in [7, 11) is 1.56. The zero-order valence-electron chi connectivity index (χ0n) is 18.4. The molecular weight excluding hydrogens is 442 g/mol. The summed E-state index contributed by atoms with van der Waals surface area (Å²) >= 11 is 8.15. The van der Waals surface area contributed by atoms with Gasteiger partial charge in [0.25, 0.3) is 5.91 Å². The Morgan fingerprint density at radius 2 is 1.97 bits per heavy atom. The number of para-hydroxylation sites is 2. The number of nitrogens with one attached hydrogen (secondary N) is 2. The summed E-state index contributed by atoms with van der Waals surface area (Å²) in [5.41, 5.74) is 2.94. The number of thioether (sulfide) groups is 1. The van der Waals surface area contributed by atoms with Crippen LogP contribution in [0.5, 0.6) is 5.75 Å². The molecule has 1 aliphatic heterocycles. The van der Waals surface area contributed by atoms with Crippen LogP contribution in [-0.4, -0.2) is 18.8 Å². The van der Waals surface area contributed by atoms with Crippen molar-refractivity contribution in [3.63, 3.8) is 0 Å². The monoisotopic (exact) mass is 467 g/mol. The quantitative estimate of drug-likeness (QED) is 0.451. The number of rotatable bonds is 8. The van der Waals surface area contributed by atoms with Crippen LogP contribution in [0, 0.1) is 11.3 Å². The first kappa shape index (κ1) is 23.8. The van der Waals surface area contributed by atoms with E-state index in [9.17, 15) is 10.1 Å². The number of benzene rings is 2. The van der Waals surface area contributed by atoms with Gasteiger partial charge in [-0.25, -0.2) is 0 Å². The number of nitrogens with zero attached hydrogens (tertiary/aromatic N) is 1. The van der Waals surface area contributed by atoms with Crippen LogP contribution in [0.1, 0.15) is 38.2 Å². The third kappa shape index (κ3) is 5.12. The largest absolute Gasteiger partial charge is 0.495 e. The molecule has 1 atom stereocenters. The van der Waals surface area contributed by atoms with Crippen LogP contribution in [0.15, 0.2) is 70.4 Å². The zero-order valence-corrected chi connectivity index (χ0v) is 19.9. The highest BCUT2D eigenvalue weighted by Gasteiger charge is 2.35. The van der Waals surface area contributed by atoms with Crippen molar-refractivity contribution in [2.45, 2.75) is 32.6 Å². The van der Waals surface area contributed by atoms with E-state index in [4.69, 9.17) is 16.3 Å². The average molecular weight is 468 g/mol. The lowest BCUT2D eigenvalue weighted by Gasteiger charge is -2.30. The summed E-state index contributed by atoms with van der Waals surface area (Å²) in [6, 6.07) is 16.9.